The van der Waals surface area contributed by atoms with Crippen molar-refractivity contribution in [3.8, 4) is 28.4 Å². The van der Waals surface area contributed by atoms with Crippen LogP contribution < -0.4 is 13.8 Å². The van der Waals surface area contributed by atoms with Gasteiger partial charge in [-0.3, -0.25) is 4.79 Å². The first-order valence-electron chi connectivity index (χ1n) is 8.34. The van der Waals surface area contributed by atoms with Crippen LogP contribution in [0.15, 0.2) is 48.9 Å². The fourth-order valence-electron chi connectivity index (χ4n) is 2.99. The van der Waals surface area contributed by atoms with Crippen LogP contribution in [0.1, 0.15) is 0 Å². The SMILES string of the molecule is COc1ccc(-n2cnc(-c3ccc(O)c(N4CC(=O)NS4(=O)=O)c3F)c2)cc1. The summed E-state index contributed by atoms with van der Waals surface area (Å²) in [7, 11) is -2.73. The minimum absolute atomic E-state index is 0.0281. The number of halogens is 1. The molecule has 4 rings (SSSR count). The van der Waals surface area contributed by atoms with E-state index < -0.39 is 39.9 Å². The number of aromatic hydroxyl groups is 1. The molecule has 0 radical (unpaired) electrons. The number of amides is 1. The van der Waals surface area contributed by atoms with E-state index in [1.807, 2.05) is 0 Å². The average molecular weight is 418 g/mol. The number of carbonyl (C=O) groups excluding carboxylic acids is 1. The van der Waals surface area contributed by atoms with Crippen LogP contribution in [-0.4, -0.2) is 42.6 Å². The highest BCUT2D eigenvalue weighted by atomic mass is 32.2. The maximum Gasteiger partial charge on any atom is 0.326 e. The Kier molecular flexibility index (Phi) is 4.38. The zero-order valence-electron chi connectivity index (χ0n) is 15.0. The highest BCUT2D eigenvalue weighted by Gasteiger charge is 2.38. The second kappa shape index (κ2) is 6.78. The monoisotopic (exact) mass is 418 g/mol. The molecule has 0 atom stereocenters. The molecule has 29 heavy (non-hydrogen) atoms. The molecule has 0 bridgehead atoms. The first-order valence-corrected chi connectivity index (χ1v) is 9.78. The molecule has 1 aromatic heterocycles. The summed E-state index contributed by atoms with van der Waals surface area (Å²) in [6.45, 7) is -0.628. The van der Waals surface area contributed by atoms with Gasteiger partial charge < -0.3 is 14.4 Å². The second-order valence-electron chi connectivity index (χ2n) is 6.20. The van der Waals surface area contributed by atoms with E-state index in [0.717, 1.165) is 11.8 Å². The molecule has 1 fully saturated rings. The normalized spacial score (nSPS) is 15.4. The van der Waals surface area contributed by atoms with Crippen LogP contribution in [0.25, 0.3) is 16.9 Å². The van der Waals surface area contributed by atoms with Crippen molar-refractivity contribution in [1.82, 2.24) is 14.3 Å². The Hall–Kier alpha value is -3.60. The van der Waals surface area contributed by atoms with Crippen molar-refractivity contribution in [3.05, 3.63) is 54.7 Å². The topological polar surface area (TPSA) is 114 Å². The van der Waals surface area contributed by atoms with Gasteiger partial charge in [-0.15, -0.1) is 0 Å². The Morgan fingerprint density at radius 1 is 1.21 bits per heavy atom. The van der Waals surface area contributed by atoms with Crippen molar-refractivity contribution >= 4 is 21.8 Å². The molecule has 0 saturated carbocycles. The number of nitrogens with zero attached hydrogens (tertiary/aromatic N) is 3. The first-order chi connectivity index (χ1) is 13.8. The van der Waals surface area contributed by atoms with Crippen LogP contribution in [-0.2, 0) is 15.0 Å². The lowest BCUT2D eigenvalue weighted by Gasteiger charge is -2.18. The van der Waals surface area contributed by atoms with Crippen LogP contribution in [0, 0.1) is 5.82 Å². The van der Waals surface area contributed by atoms with Gasteiger partial charge >= 0.3 is 10.2 Å². The number of ether oxygens (including phenoxy) is 1. The van der Waals surface area contributed by atoms with Crippen LogP contribution >= 0.6 is 0 Å². The van der Waals surface area contributed by atoms with Gasteiger partial charge in [-0.1, -0.05) is 0 Å². The lowest BCUT2D eigenvalue weighted by molar-refractivity contribution is -0.117. The Morgan fingerprint density at radius 2 is 1.93 bits per heavy atom. The summed E-state index contributed by atoms with van der Waals surface area (Å²) >= 11 is 0. The predicted octanol–water partition coefficient (Wildman–Crippen LogP) is 1.57. The van der Waals surface area contributed by atoms with Gasteiger partial charge in [-0.2, -0.15) is 8.42 Å². The molecule has 2 N–H and O–H groups in total. The van der Waals surface area contributed by atoms with Gasteiger partial charge in [0.25, 0.3) is 5.91 Å². The van der Waals surface area contributed by atoms with Crippen molar-refractivity contribution in [3.63, 3.8) is 0 Å². The number of hydrogen-bond acceptors (Lipinski definition) is 6. The summed E-state index contributed by atoms with van der Waals surface area (Å²) in [5.74, 6) is -1.76. The standard InChI is InChI=1S/C18H15FN4O5S/c1-28-12-4-2-11(3-5-12)22-8-14(20-10-22)13-6-7-15(24)18(17(13)19)23-9-16(25)21-29(23,26)27/h2-8,10,24H,9H2,1H3,(H,21,25). The summed E-state index contributed by atoms with van der Waals surface area (Å²) in [4.78, 5) is 15.6. The lowest BCUT2D eigenvalue weighted by atomic mass is 10.1. The molecule has 0 spiro atoms. The van der Waals surface area contributed by atoms with Crippen molar-refractivity contribution in [2.45, 2.75) is 0 Å². The molecule has 1 aliphatic rings. The summed E-state index contributed by atoms with van der Waals surface area (Å²) in [5, 5.41) is 10.1. The van der Waals surface area contributed by atoms with Crippen molar-refractivity contribution in [1.29, 1.82) is 0 Å². The summed E-state index contributed by atoms with van der Waals surface area (Å²) in [5.41, 5.74) is 0.329. The number of anilines is 1. The Bertz CT molecular complexity index is 1210. The Labute approximate surface area is 165 Å². The number of methoxy groups -OCH3 is 1. The number of carbonyl (C=O) groups is 1. The molecule has 11 heteroatoms. The number of phenols is 1. The molecule has 0 unspecified atom stereocenters. The second-order valence-corrected chi connectivity index (χ2v) is 7.79. The van der Waals surface area contributed by atoms with E-state index in [2.05, 4.69) is 4.98 Å². The summed E-state index contributed by atoms with van der Waals surface area (Å²) in [6.07, 6.45) is 3.03. The number of benzene rings is 2. The van der Waals surface area contributed by atoms with E-state index >= 15 is 4.39 Å². The lowest BCUT2D eigenvalue weighted by Crippen LogP contribution is -2.30. The van der Waals surface area contributed by atoms with E-state index in [1.165, 1.54) is 12.4 Å². The Balaban J connectivity index is 1.75. The third kappa shape index (κ3) is 3.25. The molecular weight excluding hydrogens is 403 g/mol. The molecule has 150 valence electrons. The largest absolute Gasteiger partial charge is 0.506 e. The molecule has 1 saturated heterocycles. The highest BCUT2D eigenvalue weighted by Crippen LogP contribution is 2.38. The molecule has 2 heterocycles. The number of aromatic nitrogens is 2. The maximum absolute atomic E-state index is 15.2. The number of imidazole rings is 1. The Morgan fingerprint density at radius 3 is 2.55 bits per heavy atom. The van der Waals surface area contributed by atoms with Crippen molar-refractivity contribution in [2.75, 3.05) is 18.0 Å². The fourth-order valence-corrected chi connectivity index (χ4v) is 4.16. The van der Waals surface area contributed by atoms with Gasteiger partial charge in [-0.05, 0) is 36.4 Å². The minimum atomic E-state index is -4.28. The zero-order chi connectivity index (χ0) is 20.8. The fraction of sp³-hybridized carbons (Fsp3) is 0.111. The molecule has 2 aromatic carbocycles. The molecule has 9 nitrogen and oxygen atoms in total. The van der Waals surface area contributed by atoms with Crippen LogP contribution in [0.5, 0.6) is 11.5 Å². The third-order valence-electron chi connectivity index (χ3n) is 4.39. The van der Waals surface area contributed by atoms with Gasteiger partial charge in [-0.25, -0.2) is 18.4 Å². The zero-order valence-corrected chi connectivity index (χ0v) is 15.9. The van der Waals surface area contributed by atoms with E-state index in [0.29, 0.717) is 10.1 Å². The molecule has 3 aromatic rings. The summed E-state index contributed by atoms with van der Waals surface area (Å²) in [6, 6.07) is 9.53. The van der Waals surface area contributed by atoms with E-state index in [1.54, 1.807) is 46.9 Å². The van der Waals surface area contributed by atoms with E-state index in [9.17, 15) is 18.3 Å². The first kappa shape index (κ1) is 18.7. The third-order valence-corrected chi connectivity index (χ3v) is 5.77. The molecule has 1 amide bonds. The molecule has 0 aliphatic carbocycles. The molecule has 1 aliphatic heterocycles. The quantitative estimate of drug-likeness (QED) is 0.665. The van der Waals surface area contributed by atoms with Crippen molar-refractivity contribution < 1.29 is 27.4 Å². The van der Waals surface area contributed by atoms with Gasteiger partial charge in [0.05, 0.1) is 19.1 Å². The van der Waals surface area contributed by atoms with Gasteiger partial charge in [0.2, 0.25) is 0 Å². The van der Waals surface area contributed by atoms with Crippen LogP contribution in [0.3, 0.4) is 0 Å². The summed E-state index contributed by atoms with van der Waals surface area (Å²) < 4.78 is 48.3. The number of phenolic OH excluding ortho intramolecular Hbond substituents is 1. The minimum Gasteiger partial charge on any atom is -0.506 e. The maximum atomic E-state index is 15.2. The number of rotatable bonds is 4. The van der Waals surface area contributed by atoms with Gasteiger partial charge in [0.1, 0.15) is 23.7 Å². The smallest absolute Gasteiger partial charge is 0.326 e. The van der Waals surface area contributed by atoms with Gasteiger partial charge in [0, 0.05) is 17.4 Å². The number of hydrogen-bond donors (Lipinski definition) is 2. The van der Waals surface area contributed by atoms with Gasteiger partial charge in [0.15, 0.2) is 5.82 Å². The van der Waals surface area contributed by atoms with Crippen LogP contribution in [0.2, 0.25) is 0 Å². The van der Waals surface area contributed by atoms with E-state index in [4.69, 9.17) is 4.74 Å². The average Bonchev–Trinajstić information content (AvgIpc) is 3.26. The predicted molar refractivity (Wildman–Crippen MR) is 102 cm³/mol. The highest BCUT2D eigenvalue weighted by molar-refractivity contribution is 7.92. The molecular formula is C18H15FN4O5S. The van der Waals surface area contributed by atoms with E-state index in [-0.39, 0.29) is 11.3 Å². The van der Waals surface area contributed by atoms with Crippen molar-refractivity contribution in [2.24, 2.45) is 0 Å². The number of nitrogens with one attached hydrogen (secondary N) is 1. The van der Waals surface area contributed by atoms with Crippen LogP contribution in [0.4, 0.5) is 10.1 Å².